The van der Waals surface area contributed by atoms with E-state index in [4.69, 9.17) is 0 Å². The van der Waals surface area contributed by atoms with Crippen molar-refractivity contribution < 1.29 is 4.80 Å². The van der Waals surface area contributed by atoms with Gasteiger partial charge in [-0.2, -0.15) is 0 Å². The van der Waals surface area contributed by atoms with E-state index in [0.29, 0.717) is 0 Å². The van der Waals surface area contributed by atoms with Gasteiger partial charge in [0.15, 0.2) is 0 Å². The summed E-state index contributed by atoms with van der Waals surface area (Å²) >= 11 is 0. The lowest BCUT2D eigenvalue weighted by atomic mass is 10.2. The summed E-state index contributed by atoms with van der Waals surface area (Å²) in [6.45, 7) is 8.31. The summed E-state index contributed by atoms with van der Waals surface area (Å²) in [6.07, 6.45) is 0. The number of benzene rings is 1. The molecule has 1 rings (SSSR count). The summed E-state index contributed by atoms with van der Waals surface area (Å²) in [5.74, 6) is 0. The molecule has 1 nitrogen and oxygen atoms in total. The summed E-state index contributed by atoms with van der Waals surface area (Å²) in [5.41, 5.74) is 0. The molecule has 0 fully saturated rings. The van der Waals surface area contributed by atoms with Crippen LogP contribution in [0.1, 0.15) is 20.8 Å². The molecule has 0 amide bonds. The van der Waals surface area contributed by atoms with Crippen LogP contribution in [0.4, 0.5) is 0 Å². The molecule has 0 aliphatic carbocycles. The van der Waals surface area contributed by atoms with Crippen LogP contribution in [-0.4, -0.2) is 13.1 Å². The second-order valence-corrected chi connectivity index (χ2v) is 8.91. The van der Waals surface area contributed by atoms with Gasteiger partial charge in [-0.15, -0.1) is 0 Å². The number of hydrogen-bond donors (Lipinski definition) is 1. The Labute approximate surface area is 81.6 Å². The SMILES string of the molecule is CC(C)(C)[Si](C)(O)c1ccccc1. The van der Waals surface area contributed by atoms with Gasteiger partial charge < -0.3 is 4.80 Å². The van der Waals surface area contributed by atoms with Gasteiger partial charge in [0.05, 0.1) is 0 Å². The van der Waals surface area contributed by atoms with Gasteiger partial charge in [0.1, 0.15) is 0 Å². The van der Waals surface area contributed by atoms with E-state index in [1.54, 1.807) is 0 Å². The first-order chi connectivity index (χ1) is 5.86. The van der Waals surface area contributed by atoms with Crippen molar-refractivity contribution in [2.45, 2.75) is 32.4 Å². The van der Waals surface area contributed by atoms with Crippen LogP contribution in [0.15, 0.2) is 30.3 Å². The molecule has 0 heterocycles. The first-order valence-electron chi connectivity index (χ1n) is 4.63. The molecule has 0 saturated heterocycles. The molecule has 0 radical (unpaired) electrons. The highest BCUT2D eigenvalue weighted by atomic mass is 28.4. The van der Waals surface area contributed by atoms with Gasteiger partial charge in [0, 0.05) is 0 Å². The minimum atomic E-state index is -2.28. The van der Waals surface area contributed by atoms with E-state index in [1.165, 1.54) is 0 Å². The van der Waals surface area contributed by atoms with E-state index in [9.17, 15) is 4.80 Å². The van der Waals surface area contributed by atoms with E-state index in [0.717, 1.165) is 5.19 Å². The maximum absolute atomic E-state index is 10.5. The van der Waals surface area contributed by atoms with Crippen molar-refractivity contribution in [1.29, 1.82) is 0 Å². The maximum Gasteiger partial charge on any atom is 0.222 e. The van der Waals surface area contributed by atoms with E-state index < -0.39 is 8.32 Å². The van der Waals surface area contributed by atoms with E-state index in [1.807, 2.05) is 36.9 Å². The van der Waals surface area contributed by atoms with E-state index in [-0.39, 0.29) is 5.04 Å². The molecule has 0 aliphatic heterocycles. The highest BCUT2D eigenvalue weighted by Crippen LogP contribution is 2.33. The Morgan fingerprint density at radius 1 is 1.08 bits per heavy atom. The normalized spacial score (nSPS) is 16.7. The molecule has 13 heavy (non-hydrogen) atoms. The van der Waals surface area contributed by atoms with Crippen molar-refractivity contribution in [2.75, 3.05) is 0 Å². The molecule has 0 aliphatic rings. The quantitative estimate of drug-likeness (QED) is 0.680. The molecule has 1 unspecified atom stereocenters. The van der Waals surface area contributed by atoms with Crippen LogP contribution in [0, 0.1) is 0 Å². The minimum Gasteiger partial charge on any atom is -0.427 e. The summed E-state index contributed by atoms with van der Waals surface area (Å²) in [6, 6.07) is 10.0. The minimum absolute atomic E-state index is 0.00560. The lowest BCUT2D eigenvalue weighted by Crippen LogP contribution is -2.52. The van der Waals surface area contributed by atoms with Crippen molar-refractivity contribution in [1.82, 2.24) is 0 Å². The molecular weight excluding hydrogens is 176 g/mol. The Morgan fingerprint density at radius 3 is 1.92 bits per heavy atom. The summed E-state index contributed by atoms with van der Waals surface area (Å²) < 4.78 is 0. The molecule has 72 valence electrons. The average molecular weight is 194 g/mol. The molecule has 2 heteroatoms. The molecule has 1 aromatic carbocycles. The van der Waals surface area contributed by atoms with Crippen LogP contribution in [0.3, 0.4) is 0 Å². The largest absolute Gasteiger partial charge is 0.427 e. The summed E-state index contributed by atoms with van der Waals surface area (Å²) in [7, 11) is -2.28. The first kappa shape index (κ1) is 10.5. The fourth-order valence-corrected chi connectivity index (χ4v) is 2.90. The molecule has 1 N–H and O–H groups in total. The second kappa shape index (κ2) is 3.27. The lowest BCUT2D eigenvalue weighted by molar-refractivity contribution is 0.496. The lowest BCUT2D eigenvalue weighted by Gasteiger charge is -2.34. The van der Waals surface area contributed by atoms with Crippen LogP contribution < -0.4 is 5.19 Å². The van der Waals surface area contributed by atoms with Crippen LogP contribution in [0.25, 0.3) is 0 Å². The molecule has 0 saturated carbocycles. The van der Waals surface area contributed by atoms with Gasteiger partial charge >= 0.3 is 0 Å². The molecule has 0 aromatic heterocycles. The van der Waals surface area contributed by atoms with Crippen LogP contribution in [0.5, 0.6) is 0 Å². The Balaban J connectivity index is 3.08. The monoisotopic (exact) mass is 194 g/mol. The number of hydrogen-bond acceptors (Lipinski definition) is 1. The van der Waals surface area contributed by atoms with Crippen molar-refractivity contribution >= 4 is 13.5 Å². The Morgan fingerprint density at radius 2 is 1.54 bits per heavy atom. The molecule has 1 aromatic rings. The Hall–Kier alpha value is -0.603. The van der Waals surface area contributed by atoms with E-state index in [2.05, 4.69) is 20.8 Å². The topological polar surface area (TPSA) is 20.2 Å². The third-order valence-corrected chi connectivity index (χ3v) is 7.17. The predicted octanol–water partition coefficient (Wildman–Crippen LogP) is 2.26. The fraction of sp³-hybridized carbons (Fsp3) is 0.455. The maximum atomic E-state index is 10.5. The highest BCUT2D eigenvalue weighted by molar-refractivity contribution is 6.86. The predicted molar refractivity (Wildman–Crippen MR) is 59.6 cm³/mol. The average Bonchev–Trinajstić information content (AvgIpc) is 2.04. The van der Waals surface area contributed by atoms with Crippen molar-refractivity contribution in [2.24, 2.45) is 0 Å². The van der Waals surface area contributed by atoms with Gasteiger partial charge in [0.25, 0.3) is 0 Å². The van der Waals surface area contributed by atoms with Gasteiger partial charge in [-0.1, -0.05) is 51.1 Å². The zero-order valence-corrected chi connectivity index (χ0v) is 9.83. The van der Waals surface area contributed by atoms with Gasteiger partial charge in [-0.3, -0.25) is 0 Å². The Bertz CT molecular complexity index is 272. The summed E-state index contributed by atoms with van der Waals surface area (Å²) in [5, 5.41) is 1.11. The standard InChI is InChI=1S/C11H18OSi/c1-11(2,3)13(4,12)10-8-6-5-7-9-10/h5-9,12H,1-4H3. The van der Waals surface area contributed by atoms with Gasteiger partial charge in [-0.25, -0.2) is 0 Å². The Kier molecular flexibility index (Phi) is 2.64. The van der Waals surface area contributed by atoms with Crippen LogP contribution in [-0.2, 0) is 0 Å². The highest BCUT2D eigenvalue weighted by Gasteiger charge is 2.40. The van der Waals surface area contributed by atoms with Crippen molar-refractivity contribution in [3.05, 3.63) is 30.3 Å². The van der Waals surface area contributed by atoms with Crippen molar-refractivity contribution in [3.8, 4) is 0 Å². The molecule has 1 atom stereocenters. The zero-order chi connectivity index (χ0) is 10.1. The molecular formula is C11H18OSi. The van der Waals surface area contributed by atoms with Gasteiger partial charge in [0.2, 0.25) is 8.32 Å². The van der Waals surface area contributed by atoms with Crippen LogP contribution in [0.2, 0.25) is 11.6 Å². The summed E-state index contributed by atoms with van der Waals surface area (Å²) in [4.78, 5) is 10.5. The third kappa shape index (κ3) is 2.01. The van der Waals surface area contributed by atoms with Gasteiger partial charge in [-0.05, 0) is 16.8 Å². The molecule has 0 bridgehead atoms. The van der Waals surface area contributed by atoms with Crippen molar-refractivity contribution in [3.63, 3.8) is 0 Å². The third-order valence-electron chi connectivity index (χ3n) is 2.80. The second-order valence-electron chi connectivity index (χ2n) is 4.69. The van der Waals surface area contributed by atoms with E-state index >= 15 is 0 Å². The zero-order valence-electron chi connectivity index (χ0n) is 8.83. The fourth-order valence-electron chi connectivity index (χ4n) is 1.20. The number of rotatable bonds is 1. The molecule has 0 spiro atoms. The smallest absolute Gasteiger partial charge is 0.222 e. The first-order valence-corrected chi connectivity index (χ1v) is 7.08. The van der Waals surface area contributed by atoms with Crippen LogP contribution >= 0.6 is 0 Å².